The van der Waals surface area contributed by atoms with Crippen LogP contribution in [0.2, 0.25) is 0 Å². The lowest BCUT2D eigenvalue weighted by atomic mass is 9.93. The number of rotatable bonds is 5. The number of benzene rings is 1. The number of dihydropyridines is 1. The predicted molar refractivity (Wildman–Crippen MR) is 138 cm³/mol. The van der Waals surface area contributed by atoms with Crippen LogP contribution in [0, 0.1) is 11.7 Å². The molecule has 0 spiro atoms. The van der Waals surface area contributed by atoms with E-state index in [-0.39, 0.29) is 37.4 Å². The molecule has 2 amide bonds. The van der Waals surface area contributed by atoms with Crippen LogP contribution in [-0.2, 0) is 19.5 Å². The molecule has 2 N–H and O–H groups in total. The van der Waals surface area contributed by atoms with Crippen LogP contribution in [0.1, 0.15) is 42.3 Å². The molecule has 2 atom stereocenters. The zero-order chi connectivity index (χ0) is 27.7. The van der Waals surface area contributed by atoms with Crippen LogP contribution in [0.5, 0.6) is 5.75 Å². The fraction of sp³-hybridized carbons (Fsp3) is 0.519. The monoisotopic (exact) mass is 548 g/mol. The third-order valence-corrected chi connectivity index (χ3v) is 7.64. The number of fused-ring (bicyclic) bond motifs is 1. The lowest BCUT2D eigenvalue weighted by Gasteiger charge is -2.40. The van der Waals surface area contributed by atoms with E-state index in [4.69, 9.17) is 4.74 Å². The number of aliphatic imine (C=N–C) groups is 1. The van der Waals surface area contributed by atoms with Crippen molar-refractivity contribution in [1.29, 1.82) is 0 Å². The summed E-state index contributed by atoms with van der Waals surface area (Å²) in [5.41, 5.74) is 4.89. The molecule has 2 unspecified atom stereocenters. The number of methoxy groups -OCH3 is 1. The molecule has 3 aliphatic rings. The van der Waals surface area contributed by atoms with Crippen molar-refractivity contribution in [3.63, 3.8) is 0 Å². The summed E-state index contributed by atoms with van der Waals surface area (Å²) in [6.45, 7) is 3.17. The Labute approximate surface area is 224 Å². The third kappa shape index (κ3) is 5.95. The van der Waals surface area contributed by atoms with Crippen molar-refractivity contribution in [3.05, 3.63) is 52.6 Å². The van der Waals surface area contributed by atoms with Gasteiger partial charge in [0.2, 0.25) is 0 Å². The van der Waals surface area contributed by atoms with Gasteiger partial charge in [-0.1, -0.05) is 6.07 Å². The van der Waals surface area contributed by atoms with Gasteiger partial charge in [-0.3, -0.25) is 15.0 Å². The Morgan fingerprint density at radius 1 is 1.26 bits per heavy atom. The molecule has 0 bridgehead atoms. The lowest BCUT2D eigenvalue weighted by molar-refractivity contribution is -0.189. The quantitative estimate of drug-likeness (QED) is 0.545. The minimum Gasteiger partial charge on any atom is -0.496 e. The summed E-state index contributed by atoms with van der Waals surface area (Å²) < 4.78 is 61.3. The molecule has 4 heterocycles. The molecule has 0 aliphatic carbocycles. The van der Waals surface area contributed by atoms with Gasteiger partial charge in [0.15, 0.2) is 0 Å². The van der Waals surface area contributed by atoms with Gasteiger partial charge in [-0.2, -0.15) is 18.3 Å². The zero-order valence-electron chi connectivity index (χ0n) is 21.9. The van der Waals surface area contributed by atoms with E-state index >= 15 is 0 Å². The van der Waals surface area contributed by atoms with E-state index in [9.17, 15) is 22.4 Å². The molecule has 3 aliphatic heterocycles. The number of likely N-dealkylation sites (tertiary alicyclic amines) is 1. The van der Waals surface area contributed by atoms with Crippen molar-refractivity contribution in [1.82, 2.24) is 25.3 Å². The van der Waals surface area contributed by atoms with Crippen LogP contribution in [0.25, 0.3) is 5.57 Å². The number of aromatic amines is 1. The fourth-order valence-corrected chi connectivity index (χ4v) is 5.68. The minimum atomic E-state index is -4.44. The maximum atomic E-state index is 14.5. The Morgan fingerprint density at radius 2 is 2.08 bits per heavy atom. The van der Waals surface area contributed by atoms with Gasteiger partial charge in [0.1, 0.15) is 11.6 Å². The van der Waals surface area contributed by atoms with E-state index in [1.165, 1.54) is 24.1 Å². The number of nitrogens with zero attached hydrogens (tertiary/aromatic N) is 4. The highest BCUT2D eigenvalue weighted by molar-refractivity contribution is 6.00. The van der Waals surface area contributed by atoms with E-state index in [0.717, 1.165) is 34.7 Å². The van der Waals surface area contributed by atoms with Crippen LogP contribution in [0.3, 0.4) is 0 Å². The van der Waals surface area contributed by atoms with Gasteiger partial charge in [0.25, 0.3) is 0 Å². The minimum absolute atomic E-state index is 0.0575. The molecule has 12 heteroatoms. The van der Waals surface area contributed by atoms with Crippen LogP contribution < -0.4 is 10.1 Å². The molecule has 0 radical (unpaired) electrons. The summed E-state index contributed by atoms with van der Waals surface area (Å²) in [6.07, 6.45) is -1.35. The largest absolute Gasteiger partial charge is 0.496 e. The molecular weight excluding hydrogens is 516 g/mol. The van der Waals surface area contributed by atoms with Crippen LogP contribution >= 0.6 is 0 Å². The van der Waals surface area contributed by atoms with Gasteiger partial charge in [-0.25, -0.2) is 9.18 Å². The number of piperidine rings is 1. The number of carbonyl (C=O) groups is 1. The number of amides is 2. The van der Waals surface area contributed by atoms with Crippen molar-refractivity contribution >= 4 is 17.3 Å². The van der Waals surface area contributed by atoms with Gasteiger partial charge in [-0.05, 0) is 43.5 Å². The number of alkyl halides is 3. The van der Waals surface area contributed by atoms with Crippen molar-refractivity contribution < 1.29 is 27.1 Å². The smallest absolute Gasteiger partial charge is 0.393 e. The molecule has 5 rings (SSSR count). The number of H-pyrrole nitrogens is 1. The molecule has 8 nitrogen and oxygen atoms in total. The molecule has 1 aromatic carbocycles. The van der Waals surface area contributed by atoms with Crippen molar-refractivity contribution in [2.24, 2.45) is 10.9 Å². The second-order valence-corrected chi connectivity index (χ2v) is 10.4. The average Bonchev–Trinajstić information content (AvgIpc) is 3.32. The maximum absolute atomic E-state index is 14.5. The highest BCUT2D eigenvalue weighted by Gasteiger charge is 2.45. The summed E-state index contributed by atoms with van der Waals surface area (Å²) in [5, 5.41) is 10.4. The molecule has 0 saturated carbocycles. The van der Waals surface area contributed by atoms with Crippen molar-refractivity contribution in [2.45, 2.75) is 51.5 Å². The van der Waals surface area contributed by atoms with Gasteiger partial charge < -0.3 is 15.0 Å². The summed E-state index contributed by atoms with van der Waals surface area (Å²) in [5.74, 6) is -1.91. The number of urea groups is 1. The van der Waals surface area contributed by atoms with Gasteiger partial charge in [0.05, 0.1) is 25.3 Å². The van der Waals surface area contributed by atoms with Gasteiger partial charge in [0, 0.05) is 67.7 Å². The van der Waals surface area contributed by atoms with Gasteiger partial charge in [-0.15, -0.1) is 0 Å². The van der Waals surface area contributed by atoms with Gasteiger partial charge >= 0.3 is 12.2 Å². The third-order valence-electron chi connectivity index (χ3n) is 7.64. The first-order valence-corrected chi connectivity index (χ1v) is 13.1. The summed E-state index contributed by atoms with van der Waals surface area (Å²) in [4.78, 5) is 20.8. The normalized spacial score (nSPS) is 22.2. The van der Waals surface area contributed by atoms with Crippen LogP contribution in [-0.4, -0.2) is 77.2 Å². The Kier molecular flexibility index (Phi) is 7.66. The number of ether oxygens (including phenoxy) is 1. The number of nitrogens with one attached hydrogen (secondary N) is 2. The van der Waals surface area contributed by atoms with E-state index in [0.29, 0.717) is 26.1 Å². The molecule has 1 saturated heterocycles. The first-order valence-electron chi connectivity index (χ1n) is 13.1. The molecule has 1 fully saturated rings. The zero-order valence-corrected chi connectivity index (χ0v) is 21.9. The molecule has 210 valence electrons. The van der Waals surface area contributed by atoms with Crippen molar-refractivity contribution in [3.8, 4) is 5.75 Å². The van der Waals surface area contributed by atoms with E-state index in [2.05, 4.69) is 20.5 Å². The molecular formula is C27H32F4N6O2. The Morgan fingerprint density at radius 3 is 2.82 bits per heavy atom. The topological polar surface area (TPSA) is 85.9 Å². The van der Waals surface area contributed by atoms with Crippen LogP contribution in [0.4, 0.5) is 22.4 Å². The second-order valence-electron chi connectivity index (χ2n) is 10.4. The summed E-state index contributed by atoms with van der Waals surface area (Å²) >= 11 is 0. The Balaban J connectivity index is 1.30. The number of halogens is 4. The first-order chi connectivity index (χ1) is 18.6. The van der Waals surface area contributed by atoms with E-state index < -0.39 is 30.0 Å². The standard InChI is InChI=1S/C27H32F4N6O2/c1-16-10-17(6-8-32-16)25-21-15-37(9-7-23(21)34-35-25)26(38)33-19-11-18(27(29,30)31)12-36(13-19)14-20-22(28)4-3-5-24(20)39-2/h3-5,10,18-19H,6-9,11-15H2,1-2H3,(H,33,38)(H,34,35). The van der Waals surface area contributed by atoms with E-state index in [1.54, 1.807) is 11.0 Å². The number of allylic oxidation sites excluding steroid dienone is 1. The summed E-state index contributed by atoms with van der Waals surface area (Å²) in [6, 6.07) is 3.16. The SMILES string of the molecule is COc1cccc(F)c1CN1CC(NC(=O)N2CCc3[nH]nc(C4=CC(C)=NCC4)c3C2)CC(C(F)(F)F)C1. The number of aromatic nitrogens is 2. The van der Waals surface area contributed by atoms with E-state index in [1.807, 2.05) is 13.0 Å². The lowest BCUT2D eigenvalue weighted by Crippen LogP contribution is -2.56. The van der Waals surface area contributed by atoms with Crippen molar-refractivity contribution in [2.75, 3.05) is 33.3 Å². The fourth-order valence-electron chi connectivity index (χ4n) is 5.68. The number of hydrogen-bond acceptors (Lipinski definition) is 5. The molecule has 39 heavy (non-hydrogen) atoms. The predicted octanol–water partition coefficient (Wildman–Crippen LogP) is 4.33. The highest BCUT2D eigenvalue weighted by Crippen LogP contribution is 2.35. The Bertz CT molecular complexity index is 1290. The number of carbonyl (C=O) groups excluding carboxylic acids is 1. The highest BCUT2D eigenvalue weighted by atomic mass is 19.4. The van der Waals surface area contributed by atoms with Crippen LogP contribution in [0.15, 0.2) is 29.3 Å². The maximum Gasteiger partial charge on any atom is 0.393 e. The Hall–Kier alpha value is -3.41. The molecule has 1 aromatic heterocycles. The molecule has 2 aromatic rings. The number of hydrogen-bond donors (Lipinski definition) is 2. The first kappa shape index (κ1) is 27.2. The summed E-state index contributed by atoms with van der Waals surface area (Å²) in [7, 11) is 1.39. The second kappa shape index (κ2) is 11.0. The average molecular weight is 549 g/mol.